The summed E-state index contributed by atoms with van der Waals surface area (Å²) in [6.07, 6.45) is 4.67. The van der Waals surface area contributed by atoms with Crippen molar-refractivity contribution < 1.29 is 18.7 Å². The lowest BCUT2D eigenvalue weighted by molar-refractivity contribution is 0.0501. The van der Waals surface area contributed by atoms with Crippen molar-refractivity contribution >= 4 is 23.8 Å². The second-order valence-electron chi connectivity index (χ2n) is 5.52. The van der Waals surface area contributed by atoms with Crippen molar-refractivity contribution in [1.29, 1.82) is 0 Å². The number of hydrogen-bond acceptors (Lipinski definition) is 3. The number of urea groups is 1. The van der Waals surface area contributed by atoms with Crippen LogP contribution in [0, 0.1) is 5.82 Å². The first kappa shape index (κ1) is 19.2. The number of nitrogens with one attached hydrogen (secondary N) is 2. The van der Waals surface area contributed by atoms with E-state index in [4.69, 9.17) is 4.74 Å². The first-order chi connectivity index (χ1) is 12.6. The molecule has 0 radical (unpaired) electrons. The van der Waals surface area contributed by atoms with Gasteiger partial charge in [-0.2, -0.15) is 0 Å². The number of esters is 1. The van der Waals surface area contributed by atoms with Crippen LogP contribution < -0.4 is 10.6 Å². The minimum Gasteiger partial charge on any atom is -0.462 e. The Balaban J connectivity index is 1.95. The summed E-state index contributed by atoms with van der Waals surface area (Å²) in [6.45, 7) is 2.34. The van der Waals surface area contributed by atoms with Crippen LogP contribution >= 0.6 is 0 Å². The third-order valence-electron chi connectivity index (χ3n) is 3.47. The van der Waals surface area contributed by atoms with Crippen molar-refractivity contribution in [1.82, 2.24) is 5.32 Å². The van der Waals surface area contributed by atoms with Crippen LogP contribution in [0.1, 0.15) is 35.7 Å². The quantitative estimate of drug-likeness (QED) is 0.564. The Morgan fingerprint density at radius 1 is 1.15 bits per heavy atom. The molecule has 0 aliphatic carbocycles. The summed E-state index contributed by atoms with van der Waals surface area (Å²) < 4.78 is 18.3. The average Bonchev–Trinajstić information content (AvgIpc) is 2.62. The number of hydrogen-bond donors (Lipinski definition) is 2. The minimum absolute atomic E-state index is 0.285. The third-order valence-corrected chi connectivity index (χ3v) is 3.47. The zero-order chi connectivity index (χ0) is 18.8. The molecular weight excluding hydrogens is 335 g/mol. The normalized spacial score (nSPS) is 10.5. The molecule has 6 heteroatoms. The number of rotatable bonds is 7. The molecule has 0 aromatic heterocycles. The Hall–Kier alpha value is -3.15. The molecule has 0 heterocycles. The van der Waals surface area contributed by atoms with Crippen LogP contribution in [0.2, 0.25) is 0 Å². The van der Waals surface area contributed by atoms with Crippen LogP contribution in [0.15, 0.2) is 54.7 Å². The highest BCUT2D eigenvalue weighted by Crippen LogP contribution is 2.16. The van der Waals surface area contributed by atoms with Gasteiger partial charge in [-0.05, 0) is 42.3 Å². The van der Waals surface area contributed by atoms with Gasteiger partial charge in [-0.25, -0.2) is 14.0 Å². The molecule has 0 unspecified atom stereocenters. The van der Waals surface area contributed by atoms with Crippen molar-refractivity contribution in [2.45, 2.75) is 19.8 Å². The van der Waals surface area contributed by atoms with Gasteiger partial charge in [0.05, 0.1) is 17.9 Å². The molecule has 0 saturated carbocycles. The second-order valence-corrected chi connectivity index (χ2v) is 5.52. The first-order valence-corrected chi connectivity index (χ1v) is 8.36. The van der Waals surface area contributed by atoms with Gasteiger partial charge in [0.2, 0.25) is 0 Å². The molecule has 136 valence electrons. The predicted molar refractivity (Wildman–Crippen MR) is 99.2 cm³/mol. The fourth-order valence-corrected chi connectivity index (χ4v) is 2.14. The van der Waals surface area contributed by atoms with Crippen molar-refractivity contribution in [3.8, 4) is 0 Å². The molecule has 5 nitrogen and oxygen atoms in total. The zero-order valence-corrected chi connectivity index (χ0v) is 14.5. The van der Waals surface area contributed by atoms with Gasteiger partial charge in [0.15, 0.2) is 0 Å². The van der Waals surface area contributed by atoms with E-state index in [0.29, 0.717) is 17.9 Å². The minimum atomic E-state index is -0.522. The molecule has 0 bridgehead atoms. The molecule has 2 rings (SSSR count). The van der Waals surface area contributed by atoms with Crippen LogP contribution in [0.5, 0.6) is 0 Å². The van der Waals surface area contributed by atoms with E-state index in [1.165, 1.54) is 18.3 Å². The van der Waals surface area contributed by atoms with E-state index < -0.39 is 12.0 Å². The van der Waals surface area contributed by atoms with Gasteiger partial charge in [-0.15, -0.1) is 0 Å². The Bertz CT molecular complexity index is 790. The van der Waals surface area contributed by atoms with Gasteiger partial charge in [0.25, 0.3) is 0 Å². The zero-order valence-electron chi connectivity index (χ0n) is 14.5. The summed E-state index contributed by atoms with van der Waals surface area (Å²) >= 11 is 0. The van der Waals surface area contributed by atoms with Gasteiger partial charge in [0.1, 0.15) is 5.82 Å². The maximum Gasteiger partial charge on any atom is 0.340 e. The fraction of sp³-hybridized carbons (Fsp3) is 0.200. The van der Waals surface area contributed by atoms with Crippen LogP contribution in [0.3, 0.4) is 0 Å². The third kappa shape index (κ3) is 6.05. The van der Waals surface area contributed by atoms with Crippen molar-refractivity contribution in [3.63, 3.8) is 0 Å². The number of halogens is 1. The number of para-hydroxylation sites is 1. The van der Waals surface area contributed by atoms with Gasteiger partial charge >= 0.3 is 12.0 Å². The molecule has 2 amide bonds. The highest BCUT2D eigenvalue weighted by Gasteiger charge is 2.13. The first-order valence-electron chi connectivity index (χ1n) is 8.36. The number of carbonyl (C=O) groups excluding carboxylic acids is 2. The van der Waals surface area contributed by atoms with Crippen molar-refractivity contribution in [3.05, 3.63) is 71.7 Å². The average molecular weight is 356 g/mol. The summed E-state index contributed by atoms with van der Waals surface area (Å²) in [5.41, 5.74) is 1.25. The lowest BCUT2D eigenvalue weighted by Gasteiger charge is -2.10. The van der Waals surface area contributed by atoms with Crippen LogP contribution in [0.4, 0.5) is 14.9 Å². The highest BCUT2D eigenvalue weighted by atomic mass is 19.1. The van der Waals surface area contributed by atoms with Gasteiger partial charge in [0, 0.05) is 6.20 Å². The number of unbranched alkanes of at least 4 members (excludes halogenated alkanes) is 1. The van der Waals surface area contributed by atoms with E-state index in [1.807, 2.05) is 6.92 Å². The molecule has 0 fully saturated rings. The smallest absolute Gasteiger partial charge is 0.340 e. The Kier molecular flexibility index (Phi) is 7.36. The number of anilines is 1. The van der Waals surface area contributed by atoms with E-state index in [9.17, 15) is 14.0 Å². The Morgan fingerprint density at radius 2 is 1.96 bits per heavy atom. The molecule has 26 heavy (non-hydrogen) atoms. The molecule has 0 aliphatic heterocycles. The lowest BCUT2D eigenvalue weighted by Crippen LogP contribution is -2.25. The molecule has 0 saturated heterocycles. The summed E-state index contributed by atoms with van der Waals surface area (Å²) in [4.78, 5) is 24.1. The Morgan fingerprint density at radius 3 is 2.73 bits per heavy atom. The van der Waals surface area contributed by atoms with Crippen molar-refractivity contribution in [2.75, 3.05) is 11.9 Å². The summed E-state index contributed by atoms with van der Waals surface area (Å²) in [7, 11) is 0. The summed E-state index contributed by atoms with van der Waals surface area (Å²) in [5.74, 6) is -0.836. The number of carbonyl (C=O) groups is 2. The Labute approximate surface area is 151 Å². The highest BCUT2D eigenvalue weighted by molar-refractivity contribution is 6.01. The molecule has 2 aromatic carbocycles. The summed E-state index contributed by atoms with van der Waals surface area (Å²) in [6, 6.07) is 12.1. The lowest BCUT2D eigenvalue weighted by atomic mass is 10.2. The summed E-state index contributed by atoms with van der Waals surface area (Å²) in [5, 5.41) is 5.12. The SMILES string of the molecule is CCCCOC(=O)c1ccccc1NC(=O)N/C=C/c1cccc(F)c1. The molecule has 2 N–H and O–H groups in total. The van der Waals surface area contributed by atoms with Crippen LogP contribution in [0.25, 0.3) is 6.08 Å². The molecule has 0 spiro atoms. The predicted octanol–water partition coefficient (Wildman–Crippen LogP) is 4.58. The monoisotopic (exact) mass is 356 g/mol. The second kappa shape index (κ2) is 9.98. The van der Waals surface area contributed by atoms with E-state index in [0.717, 1.165) is 12.8 Å². The van der Waals surface area contributed by atoms with Gasteiger partial charge < -0.3 is 15.4 Å². The maximum absolute atomic E-state index is 13.1. The van der Waals surface area contributed by atoms with Crippen molar-refractivity contribution in [2.24, 2.45) is 0 Å². The molecule has 0 atom stereocenters. The molecule has 0 aliphatic rings. The number of ether oxygens (including phenoxy) is 1. The fourth-order valence-electron chi connectivity index (χ4n) is 2.14. The van der Waals surface area contributed by atoms with E-state index in [-0.39, 0.29) is 11.4 Å². The molecular formula is C20H21FN2O3. The molecule has 2 aromatic rings. The van der Waals surface area contributed by atoms with Gasteiger partial charge in [-0.3, -0.25) is 0 Å². The van der Waals surface area contributed by atoms with Crippen LogP contribution in [-0.4, -0.2) is 18.6 Å². The van der Waals surface area contributed by atoms with Gasteiger partial charge in [-0.1, -0.05) is 37.6 Å². The standard InChI is InChI=1S/C20H21FN2O3/c1-2-3-13-26-19(24)17-9-4-5-10-18(17)23-20(25)22-12-11-15-7-6-8-16(21)14-15/h4-12,14H,2-3,13H2,1H3,(H2,22,23,25)/b12-11+. The van der Waals surface area contributed by atoms with E-state index in [1.54, 1.807) is 42.5 Å². The topological polar surface area (TPSA) is 67.4 Å². The largest absolute Gasteiger partial charge is 0.462 e. The van der Waals surface area contributed by atoms with E-state index >= 15 is 0 Å². The van der Waals surface area contributed by atoms with Crippen LogP contribution in [-0.2, 0) is 4.74 Å². The van der Waals surface area contributed by atoms with E-state index in [2.05, 4.69) is 10.6 Å². The number of benzene rings is 2. The maximum atomic E-state index is 13.1. The number of amides is 2.